The molecule has 2 aromatic rings. The Bertz CT molecular complexity index is 1530. The quantitative estimate of drug-likeness (QED) is 0.0554. The fraction of sp³-hybridized carbons (Fsp3) is 0.692. The summed E-state index contributed by atoms with van der Waals surface area (Å²) >= 11 is 0. The minimum absolute atomic E-state index is 0.135. The lowest BCUT2D eigenvalue weighted by molar-refractivity contribution is 0.240. The van der Waals surface area contributed by atoms with E-state index in [0.29, 0.717) is 45.8 Å². The number of amides is 8. The Hall–Kier alpha value is -5.16. The van der Waals surface area contributed by atoms with Gasteiger partial charge in [0.1, 0.15) is 11.6 Å². The molecule has 2 rings (SSSR count). The number of aryl methyl sites for hydroxylation is 2. The van der Waals surface area contributed by atoms with Gasteiger partial charge < -0.3 is 31.9 Å². The summed E-state index contributed by atoms with van der Waals surface area (Å²) in [6.07, 6.45) is 19.4. The summed E-state index contributed by atoms with van der Waals surface area (Å²) in [5.41, 5.74) is -0.745. The van der Waals surface area contributed by atoms with Crippen molar-refractivity contribution >= 4 is 35.8 Å². The van der Waals surface area contributed by atoms with Crippen LogP contribution in [0.3, 0.4) is 0 Å². The molecule has 0 aliphatic carbocycles. The summed E-state index contributed by atoms with van der Waals surface area (Å²) in [4.78, 5) is 77.8. The normalized spacial score (nSPS) is 10.4. The molecule has 0 atom stereocenters. The largest absolute Gasteiger partial charge is 0.349 e. The van der Waals surface area contributed by atoms with E-state index in [-0.39, 0.29) is 47.1 Å². The Morgan fingerprint density at radius 3 is 1.23 bits per heavy atom. The van der Waals surface area contributed by atoms with Crippen LogP contribution >= 0.6 is 0 Å². The number of rotatable bonds is 27. The van der Waals surface area contributed by atoms with Crippen LogP contribution in [0.4, 0.5) is 30.8 Å². The molecular weight excluding hydrogens is 733 g/mol. The molecule has 322 valence electrons. The van der Waals surface area contributed by atoms with E-state index >= 15 is 0 Å². The van der Waals surface area contributed by atoms with Crippen LogP contribution < -0.4 is 53.9 Å². The minimum atomic E-state index is -0.373. The zero-order valence-electron chi connectivity index (χ0n) is 34.8. The number of nitrogens with zero attached hydrogens (tertiary/aromatic N) is 4. The van der Waals surface area contributed by atoms with Gasteiger partial charge in [0.15, 0.2) is 0 Å². The highest BCUT2D eigenvalue weighted by molar-refractivity contribution is 5.88. The van der Waals surface area contributed by atoms with Crippen molar-refractivity contribution in [3.05, 3.63) is 45.5 Å². The predicted molar refractivity (Wildman–Crippen MR) is 226 cm³/mol. The lowest BCUT2D eigenvalue weighted by Gasteiger charge is -2.09. The van der Waals surface area contributed by atoms with E-state index in [2.05, 4.69) is 66.3 Å². The zero-order chi connectivity index (χ0) is 41.9. The maximum atomic E-state index is 12.1. The summed E-state index contributed by atoms with van der Waals surface area (Å²) in [7, 11) is 1.59. The second-order valence-corrected chi connectivity index (χ2v) is 13.6. The van der Waals surface area contributed by atoms with Crippen LogP contribution in [-0.4, -0.2) is 83.0 Å². The fourth-order valence-electron chi connectivity index (χ4n) is 5.40. The maximum Gasteiger partial charge on any atom is 0.349 e. The van der Waals surface area contributed by atoms with E-state index < -0.39 is 0 Å². The summed E-state index contributed by atoms with van der Waals surface area (Å²) in [5, 5.41) is 21.4. The highest BCUT2D eigenvalue weighted by Gasteiger charge is 2.07. The average Bonchev–Trinajstić information content (AvgIpc) is 3.18. The van der Waals surface area contributed by atoms with Crippen LogP contribution in [0.15, 0.2) is 34.1 Å². The average molecular weight is 803 g/mol. The smallest absolute Gasteiger partial charge is 0.341 e. The highest BCUT2D eigenvalue weighted by atomic mass is 16.2. The van der Waals surface area contributed by atoms with Gasteiger partial charge in [-0.1, -0.05) is 78.1 Å². The summed E-state index contributed by atoms with van der Waals surface area (Å²) in [6.45, 7) is 10.5. The van der Waals surface area contributed by atoms with Gasteiger partial charge in [0.05, 0.1) is 0 Å². The molecular formula is C39H70N12O6. The third kappa shape index (κ3) is 26.4. The highest BCUT2D eigenvalue weighted by Crippen LogP contribution is 2.05. The van der Waals surface area contributed by atoms with Gasteiger partial charge in [-0.25, -0.2) is 28.8 Å². The van der Waals surface area contributed by atoms with Gasteiger partial charge in [0.25, 0.3) is 0 Å². The first-order valence-electron chi connectivity index (χ1n) is 20.8. The molecule has 0 fully saturated rings. The van der Waals surface area contributed by atoms with Gasteiger partial charge in [-0.3, -0.25) is 19.8 Å². The van der Waals surface area contributed by atoms with Crippen LogP contribution in [0.1, 0.15) is 124 Å². The number of carbonyl (C=O) groups excluding carboxylic acids is 4. The minimum Gasteiger partial charge on any atom is -0.341 e. The molecule has 0 spiro atoms. The molecule has 57 heavy (non-hydrogen) atoms. The van der Waals surface area contributed by atoms with Gasteiger partial charge in [-0.2, -0.15) is 9.97 Å². The molecule has 0 unspecified atom stereocenters. The number of aromatic nitrogens is 4. The van der Waals surface area contributed by atoms with Crippen LogP contribution in [0.25, 0.3) is 0 Å². The second-order valence-electron chi connectivity index (χ2n) is 13.6. The third-order valence-corrected chi connectivity index (χ3v) is 8.65. The van der Waals surface area contributed by atoms with E-state index in [4.69, 9.17) is 0 Å². The first-order chi connectivity index (χ1) is 27.6. The fourth-order valence-corrected chi connectivity index (χ4v) is 5.40. The van der Waals surface area contributed by atoms with E-state index in [0.717, 1.165) is 103 Å². The van der Waals surface area contributed by atoms with Crippen molar-refractivity contribution < 1.29 is 19.2 Å². The number of nitrogens with one attached hydrogen (secondary N) is 8. The summed E-state index contributed by atoms with van der Waals surface area (Å²) in [6, 6.07) is 2.28. The number of hydrogen-bond acceptors (Lipinski definition) is 8. The number of carbonyl (C=O) groups is 4. The number of urea groups is 4. The van der Waals surface area contributed by atoms with Crippen molar-refractivity contribution in [1.82, 2.24) is 51.0 Å². The van der Waals surface area contributed by atoms with Crippen molar-refractivity contribution in [1.29, 1.82) is 0 Å². The topological polar surface area (TPSA) is 234 Å². The summed E-state index contributed by atoms with van der Waals surface area (Å²) in [5.74, 6) is 0.515. The Labute approximate surface area is 337 Å². The Kier molecular flexibility index (Phi) is 28.9. The monoisotopic (exact) mass is 803 g/mol. The van der Waals surface area contributed by atoms with Gasteiger partial charge in [-0.15, -0.1) is 0 Å². The number of unbranched alkanes of at least 4 members (excludes halogenated alkanes) is 12. The Morgan fingerprint density at radius 2 is 0.860 bits per heavy atom. The maximum absolute atomic E-state index is 12.1. The van der Waals surface area contributed by atoms with Crippen molar-refractivity contribution in [3.63, 3.8) is 0 Å². The molecule has 0 aliphatic rings. The summed E-state index contributed by atoms with van der Waals surface area (Å²) < 4.78 is 3.08. The van der Waals surface area contributed by atoms with Crippen LogP contribution in [0.5, 0.6) is 0 Å². The Balaban J connectivity index is 0.000000570. The van der Waals surface area contributed by atoms with E-state index in [1.165, 1.54) is 4.57 Å². The van der Waals surface area contributed by atoms with E-state index in [1.807, 2.05) is 6.92 Å². The first-order valence-corrected chi connectivity index (χ1v) is 20.8. The molecule has 0 saturated heterocycles. The van der Waals surface area contributed by atoms with Crippen molar-refractivity contribution in [2.75, 3.05) is 50.4 Å². The van der Waals surface area contributed by atoms with Crippen LogP contribution in [-0.2, 0) is 13.1 Å². The standard InChI is InChI=1S/C20H36N6O3.C19H34N6O3/c1-3-5-6-9-14-23-19(28)24-17-12-16-26(20(29)25-17)15-11-8-7-10-13-22-18(27)21-4-2;1-3-4-5-8-13-22-18(27)23-16-11-15-25(19(28)24-16)14-10-7-6-9-12-21-17(26)20-2/h12,16H,3-11,13-15H2,1-2H3,(H2,21,22,27)(H2,23,24,25,28,29);11,15H,3-10,12-14H2,1-2H3,(H2,20,21,26)(H2,22,23,24,27,28). The van der Waals surface area contributed by atoms with E-state index in [1.54, 1.807) is 36.1 Å². The number of anilines is 2. The van der Waals surface area contributed by atoms with Gasteiger partial charge in [0, 0.05) is 65.3 Å². The van der Waals surface area contributed by atoms with Crippen LogP contribution in [0, 0.1) is 0 Å². The molecule has 0 saturated carbocycles. The lowest BCUT2D eigenvalue weighted by Crippen LogP contribution is -2.35. The van der Waals surface area contributed by atoms with Crippen molar-refractivity contribution in [3.8, 4) is 0 Å². The van der Waals surface area contributed by atoms with Crippen LogP contribution in [0.2, 0.25) is 0 Å². The molecule has 0 aliphatic heterocycles. The zero-order valence-corrected chi connectivity index (χ0v) is 34.8. The number of hydrogen-bond donors (Lipinski definition) is 8. The van der Waals surface area contributed by atoms with Gasteiger partial charge in [0.2, 0.25) is 0 Å². The predicted octanol–water partition coefficient (Wildman–Crippen LogP) is 5.26. The molecule has 0 aromatic carbocycles. The second kappa shape index (κ2) is 33.0. The van der Waals surface area contributed by atoms with E-state index in [9.17, 15) is 28.8 Å². The Morgan fingerprint density at radius 1 is 0.491 bits per heavy atom. The molecule has 8 N–H and O–H groups in total. The molecule has 18 nitrogen and oxygen atoms in total. The molecule has 0 bridgehead atoms. The third-order valence-electron chi connectivity index (χ3n) is 8.65. The SMILES string of the molecule is CCCCCCNC(=O)Nc1ccn(CCCCCCNC(=O)NC)c(=O)n1.CCCCCCNC(=O)Nc1ccn(CCCCCCNC(=O)NCC)c(=O)n1. The molecule has 2 aromatic heterocycles. The molecule has 0 radical (unpaired) electrons. The molecule has 2 heterocycles. The van der Waals surface area contributed by atoms with Crippen molar-refractivity contribution in [2.24, 2.45) is 0 Å². The lowest BCUT2D eigenvalue weighted by atomic mass is 10.2. The first kappa shape index (κ1) is 49.9. The van der Waals surface area contributed by atoms with Gasteiger partial charge in [-0.05, 0) is 57.6 Å². The van der Waals surface area contributed by atoms with Crippen molar-refractivity contribution in [2.45, 2.75) is 137 Å². The molecule has 18 heteroatoms. The van der Waals surface area contributed by atoms with Gasteiger partial charge >= 0.3 is 35.5 Å². The molecule has 8 amide bonds.